The molecule has 1 N–H and O–H groups in total. The smallest absolute Gasteiger partial charge is 0.119 e. The molecule has 0 fully saturated rings. The second-order valence-electron chi connectivity index (χ2n) is 4.62. The van der Waals surface area contributed by atoms with Crippen molar-refractivity contribution in [3.05, 3.63) is 48.5 Å². The minimum atomic E-state index is 0.393. The minimum absolute atomic E-state index is 0.393. The Bertz CT molecular complexity index is 482. The van der Waals surface area contributed by atoms with Gasteiger partial charge in [-0.15, -0.1) is 0 Å². The number of nitrogens with one attached hydrogen (secondary N) is 1. The SMILES string of the molecule is CCOc1cccc(CNC(C)Cn2ccnc2)c1. The lowest BCUT2D eigenvalue weighted by Gasteiger charge is -2.14. The Kier molecular flexibility index (Phi) is 4.98. The van der Waals surface area contributed by atoms with E-state index in [4.69, 9.17) is 4.74 Å². The number of imidazole rings is 1. The van der Waals surface area contributed by atoms with Gasteiger partial charge in [-0.3, -0.25) is 0 Å². The molecule has 0 amide bonds. The zero-order chi connectivity index (χ0) is 13.5. The molecule has 1 heterocycles. The van der Waals surface area contributed by atoms with E-state index in [2.05, 4.69) is 33.9 Å². The summed E-state index contributed by atoms with van der Waals surface area (Å²) in [6.45, 7) is 6.64. The van der Waals surface area contributed by atoms with Crippen LogP contribution in [0.5, 0.6) is 5.75 Å². The van der Waals surface area contributed by atoms with Gasteiger partial charge >= 0.3 is 0 Å². The molecule has 1 aromatic carbocycles. The van der Waals surface area contributed by atoms with Crippen LogP contribution in [0.4, 0.5) is 0 Å². The van der Waals surface area contributed by atoms with Gasteiger partial charge in [-0.05, 0) is 31.5 Å². The van der Waals surface area contributed by atoms with Gasteiger partial charge in [0, 0.05) is 31.5 Å². The molecule has 0 saturated carbocycles. The molecule has 0 spiro atoms. The van der Waals surface area contributed by atoms with E-state index in [0.29, 0.717) is 12.6 Å². The maximum atomic E-state index is 5.50. The lowest BCUT2D eigenvalue weighted by molar-refractivity contribution is 0.339. The molecule has 4 heteroatoms. The third kappa shape index (κ3) is 4.41. The van der Waals surface area contributed by atoms with E-state index in [1.807, 2.05) is 31.6 Å². The third-order valence-electron chi connectivity index (χ3n) is 2.91. The summed E-state index contributed by atoms with van der Waals surface area (Å²) in [6.07, 6.45) is 5.63. The largest absolute Gasteiger partial charge is 0.494 e. The highest BCUT2D eigenvalue weighted by Crippen LogP contribution is 2.13. The normalized spacial score (nSPS) is 12.3. The zero-order valence-corrected chi connectivity index (χ0v) is 11.5. The van der Waals surface area contributed by atoms with Gasteiger partial charge in [0.1, 0.15) is 5.75 Å². The fraction of sp³-hybridized carbons (Fsp3) is 0.400. The van der Waals surface area contributed by atoms with Crippen LogP contribution in [0, 0.1) is 0 Å². The van der Waals surface area contributed by atoms with Gasteiger partial charge in [0.2, 0.25) is 0 Å². The number of nitrogens with zero attached hydrogens (tertiary/aromatic N) is 2. The molecule has 0 bridgehead atoms. The van der Waals surface area contributed by atoms with Crippen molar-refractivity contribution in [1.29, 1.82) is 0 Å². The molecule has 0 radical (unpaired) electrons. The fourth-order valence-corrected chi connectivity index (χ4v) is 1.98. The second-order valence-corrected chi connectivity index (χ2v) is 4.62. The molecule has 1 aromatic heterocycles. The molecule has 19 heavy (non-hydrogen) atoms. The van der Waals surface area contributed by atoms with E-state index in [-0.39, 0.29) is 0 Å². The molecule has 0 aliphatic carbocycles. The van der Waals surface area contributed by atoms with Crippen molar-refractivity contribution >= 4 is 0 Å². The maximum Gasteiger partial charge on any atom is 0.119 e. The van der Waals surface area contributed by atoms with E-state index in [0.717, 1.165) is 18.8 Å². The second kappa shape index (κ2) is 6.95. The molecule has 4 nitrogen and oxygen atoms in total. The van der Waals surface area contributed by atoms with Gasteiger partial charge < -0.3 is 14.6 Å². The number of ether oxygens (including phenoxy) is 1. The third-order valence-corrected chi connectivity index (χ3v) is 2.91. The van der Waals surface area contributed by atoms with Crippen molar-refractivity contribution < 1.29 is 4.74 Å². The maximum absolute atomic E-state index is 5.50. The topological polar surface area (TPSA) is 39.1 Å². The molecular formula is C15H21N3O. The summed E-state index contributed by atoms with van der Waals surface area (Å²) in [5.74, 6) is 0.934. The number of hydrogen-bond acceptors (Lipinski definition) is 3. The van der Waals surface area contributed by atoms with Gasteiger partial charge in [0.15, 0.2) is 0 Å². The highest BCUT2D eigenvalue weighted by Gasteiger charge is 2.03. The van der Waals surface area contributed by atoms with E-state index in [1.54, 1.807) is 6.20 Å². The van der Waals surface area contributed by atoms with Crippen molar-refractivity contribution in [2.75, 3.05) is 6.61 Å². The van der Waals surface area contributed by atoms with Crippen molar-refractivity contribution in [2.24, 2.45) is 0 Å². The zero-order valence-electron chi connectivity index (χ0n) is 11.5. The Balaban J connectivity index is 1.82. The Morgan fingerprint density at radius 2 is 2.32 bits per heavy atom. The van der Waals surface area contributed by atoms with E-state index >= 15 is 0 Å². The van der Waals surface area contributed by atoms with Gasteiger partial charge in [-0.25, -0.2) is 4.98 Å². The van der Waals surface area contributed by atoms with E-state index in [9.17, 15) is 0 Å². The van der Waals surface area contributed by atoms with Crippen LogP contribution in [0.3, 0.4) is 0 Å². The molecule has 1 unspecified atom stereocenters. The quantitative estimate of drug-likeness (QED) is 0.830. The van der Waals surface area contributed by atoms with Crippen LogP contribution in [0.2, 0.25) is 0 Å². The molecule has 0 saturated heterocycles. The minimum Gasteiger partial charge on any atom is -0.494 e. The van der Waals surface area contributed by atoms with Gasteiger partial charge in [0.05, 0.1) is 12.9 Å². The first-order chi connectivity index (χ1) is 9.28. The Morgan fingerprint density at radius 1 is 1.42 bits per heavy atom. The van der Waals surface area contributed by atoms with Crippen LogP contribution in [-0.2, 0) is 13.1 Å². The lowest BCUT2D eigenvalue weighted by atomic mass is 10.2. The summed E-state index contributed by atoms with van der Waals surface area (Å²) in [5, 5.41) is 3.50. The summed E-state index contributed by atoms with van der Waals surface area (Å²) in [6, 6.07) is 8.61. The standard InChI is InChI=1S/C15H21N3O/c1-3-19-15-6-4-5-14(9-15)10-17-13(2)11-18-8-7-16-12-18/h4-9,12-13,17H,3,10-11H2,1-2H3. The number of rotatable bonds is 7. The summed E-state index contributed by atoms with van der Waals surface area (Å²) in [4.78, 5) is 4.04. The van der Waals surface area contributed by atoms with E-state index in [1.165, 1.54) is 5.56 Å². The van der Waals surface area contributed by atoms with Crippen LogP contribution in [0.15, 0.2) is 43.0 Å². The first kappa shape index (κ1) is 13.6. The highest BCUT2D eigenvalue weighted by molar-refractivity contribution is 5.28. The van der Waals surface area contributed by atoms with Gasteiger partial charge in [0.25, 0.3) is 0 Å². The summed E-state index contributed by atoms with van der Waals surface area (Å²) >= 11 is 0. The molecule has 1 atom stereocenters. The van der Waals surface area contributed by atoms with Crippen LogP contribution >= 0.6 is 0 Å². The van der Waals surface area contributed by atoms with Crippen molar-refractivity contribution in [2.45, 2.75) is 33.0 Å². The average molecular weight is 259 g/mol. The summed E-state index contributed by atoms with van der Waals surface area (Å²) in [7, 11) is 0. The molecule has 2 rings (SSSR count). The van der Waals surface area contributed by atoms with Gasteiger partial charge in [-0.1, -0.05) is 12.1 Å². The fourth-order valence-electron chi connectivity index (χ4n) is 1.98. The van der Waals surface area contributed by atoms with Crippen molar-refractivity contribution in [3.8, 4) is 5.75 Å². The van der Waals surface area contributed by atoms with Crippen molar-refractivity contribution in [3.63, 3.8) is 0 Å². The Morgan fingerprint density at radius 3 is 3.05 bits per heavy atom. The van der Waals surface area contributed by atoms with Crippen LogP contribution < -0.4 is 10.1 Å². The Labute approximate surface area is 114 Å². The molecule has 0 aliphatic heterocycles. The first-order valence-corrected chi connectivity index (χ1v) is 6.69. The number of hydrogen-bond donors (Lipinski definition) is 1. The van der Waals surface area contributed by atoms with Crippen LogP contribution in [0.25, 0.3) is 0 Å². The lowest BCUT2D eigenvalue weighted by Crippen LogP contribution is -2.29. The summed E-state index contributed by atoms with van der Waals surface area (Å²) in [5.41, 5.74) is 1.24. The molecule has 2 aromatic rings. The van der Waals surface area contributed by atoms with Crippen LogP contribution in [0.1, 0.15) is 19.4 Å². The average Bonchev–Trinajstić information content (AvgIpc) is 2.90. The van der Waals surface area contributed by atoms with Crippen molar-refractivity contribution in [1.82, 2.24) is 14.9 Å². The van der Waals surface area contributed by atoms with Gasteiger partial charge in [-0.2, -0.15) is 0 Å². The molecule has 0 aliphatic rings. The van der Waals surface area contributed by atoms with E-state index < -0.39 is 0 Å². The number of benzene rings is 1. The molecular weight excluding hydrogens is 238 g/mol. The molecule has 102 valence electrons. The Hall–Kier alpha value is -1.81. The first-order valence-electron chi connectivity index (χ1n) is 6.69. The van der Waals surface area contributed by atoms with Crippen LogP contribution in [-0.4, -0.2) is 22.2 Å². The summed E-state index contributed by atoms with van der Waals surface area (Å²) < 4.78 is 7.58. The highest BCUT2D eigenvalue weighted by atomic mass is 16.5. The number of aromatic nitrogens is 2. The predicted molar refractivity (Wildman–Crippen MR) is 76.1 cm³/mol. The predicted octanol–water partition coefficient (Wildman–Crippen LogP) is 2.46. The monoisotopic (exact) mass is 259 g/mol.